The number of hydrogen-bond donors (Lipinski definition) is 2. The summed E-state index contributed by atoms with van der Waals surface area (Å²) in [4.78, 5) is 11.9. The van der Waals surface area contributed by atoms with E-state index in [4.69, 9.17) is 0 Å². The zero-order valence-electron chi connectivity index (χ0n) is 61.2. The summed E-state index contributed by atoms with van der Waals surface area (Å²) in [7, 11) is 0. The summed E-state index contributed by atoms with van der Waals surface area (Å²) in [5.41, 5.74) is 0. The van der Waals surface area contributed by atoms with Crippen molar-refractivity contribution >= 4 is 5.97 Å². The summed E-state index contributed by atoms with van der Waals surface area (Å²) in [6, 6.07) is 0. The van der Waals surface area contributed by atoms with Crippen LogP contribution in [-0.2, 0) is 4.79 Å². The fourth-order valence-corrected chi connectivity index (χ4v) is 15.3. The number of carboxylic acids is 1. The average molecular weight is 1240 g/mol. The molecule has 88 heavy (non-hydrogen) atoms. The second-order valence-electron chi connectivity index (χ2n) is 30.7. The van der Waals surface area contributed by atoms with Gasteiger partial charge >= 0.3 is 0 Å². The molecule has 0 aromatic rings. The van der Waals surface area contributed by atoms with Crippen molar-refractivity contribution in [3.63, 3.8) is 0 Å². The van der Waals surface area contributed by atoms with Crippen LogP contribution in [0.1, 0.15) is 490 Å². The average Bonchev–Trinajstić information content (AvgIpc) is 4.47. The molecular weight excluding hydrogens is 1070 g/mol. The standard InChI is InChI=1S/C84H166O4/c1-5-7-9-11-13-15-17-19-21-23-24-25-26-30-37-43-49-55-61-67-73-80(84(87)88)83(86)75-69-63-57-51-45-39-31-27-29-36-42-48-54-60-66-72-79-76-81(79)77(3)70-64-58-52-46-40-34-32-33-38-44-50-56-62-68-74-82(85)78(4)71-65-59-53-47-41-35-28-22-20-18-16-14-12-10-8-6-2/h77-83,85-86H,5-76H2,1-4H3,(H,87,88)/p-1/t77?,78-,79?,80+,81?,82-,83+/m0/s1. The van der Waals surface area contributed by atoms with Gasteiger partial charge in [0.15, 0.2) is 0 Å². The summed E-state index contributed by atoms with van der Waals surface area (Å²) < 4.78 is 0. The number of unbranched alkanes of at least 4 members (excludes halogenated alkanes) is 61. The van der Waals surface area contributed by atoms with Crippen molar-refractivity contribution in [3.8, 4) is 0 Å². The quantitative estimate of drug-likeness (QED) is 0.0595. The molecule has 1 aliphatic rings. The van der Waals surface area contributed by atoms with Crippen molar-refractivity contribution < 1.29 is 20.1 Å². The Labute approximate surface area is 555 Å². The topological polar surface area (TPSA) is 80.6 Å². The highest BCUT2D eigenvalue weighted by molar-refractivity contribution is 5.68. The molecule has 0 bridgehead atoms. The van der Waals surface area contributed by atoms with Crippen LogP contribution < -0.4 is 5.11 Å². The molecule has 0 aromatic carbocycles. The Morgan fingerprint density at radius 2 is 0.511 bits per heavy atom. The van der Waals surface area contributed by atoms with Crippen LogP contribution in [0.2, 0.25) is 0 Å². The number of hydrogen-bond acceptors (Lipinski definition) is 4. The maximum absolute atomic E-state index is 11.9. The van der Waals surface area contributed by atoms with Gasteiger partial charge in [0.05, 0.1) is 12.2 Å². The van der Waals surface area contributed by atoms with E-state index in [1.54, 1.807) is 0 Å². The van der Waals surface area contributed by atoms with Crippen LogP contribution in [0.4, 0.5) is 0 Å². The van der Waals surface area contributed by atoms with Crippen molar-refractivity contribution in [1.29, 1.82) is 0 Å². The first-order chi connectivity index (χ1) is 43.3. The molecule has 4 heteroatoms. The fraction of sp³-hybridized carbons (Fsp3) is 0.988. The second-order valence-corrected chi connectivity index (χ2v) is 30.7. The van der Waals surface area contributed by atoms with Gasteiger partial charge in [0.2, 0.25) is 0 Å². The molecule has 1 fully saturated rings. The van der Waals surface area contributed by atoms with Crippen LogP contribution in [0.5, 0.6) is 0 Å². The highest BCUT2D eigenvalue weighted by atomic mass is 16.4. The van der Waals surface area contributed by atoms with E-state index >= 15 is 0 Å². The lowest BCUT2D eigenvalue weighted by Gasteiger charge is -2.24. The van der Waals surface area contributed by atoms with Gasteiger partial charge in [0, 0.05) is 11.9 Å². The van der Waals surface area contributed by atoms with E-state index in [0.29, 0.717) is 18.8 Å². The number of carboxylic acid groups (broad SMARTS) is 1. The van der Waals surface area contributed by atoms with Gasteiger partial charge in [-0.05, 0) is 55.8 Å². The number of aliphatic hydroxyl groups excluding tert-OH is 2. The van der Waals surface area contributed by atoms with Crippen LogP contribution >= 0.6 is 0 Å². The second kappa shape index (κ2) is 69.2. The number of rotatable bonds is 77. The summed E-state index contributed by atoms with van der Waals surface area (Å²) in [5.74, 6) is 1.79. The lowest BCUT2D eigenvalue weighted by molar-refractivity contribution is -0.314. The van der Waals surface area contributed by atoms with Gasteiger partial charge in [-0.3, -0.25) is 0 Å². The van der Waals surface area contributed by atoms with E-state index in [2.05, 4.69) is 27.7 Å². The van der Waals surface area contributed by atoms with Crippen LogP contribution in [0.3, 0.4) is 0 Å². The lowest BCUT2D eigenvalue weighted by Crippen LogP contribution is -2.38. The third-order valence-corrected chi connectivity index (χ3v) is 22.0. The maximum Gasteiger partial charge on any atom is 0.0620 e. The molecule has 7 atom stereocenters. The monoisotopic (exact) mass is 1240 g/mol. The molecule has 0 spiro atoms. The Morgan fingerprint density at radius 3 is 0.784 bits per heavy atom. The van der Waals surface area contributed by atoms with Gasteiger partial charge in [-0.2, -0.15) is 0 Å². The minimum absolute atomic E-state index is 0.0819. The molecule has 0 amide bonds. The molecule has 1 saturated carbocycles. The molecule has 0 heterocycles. The number of aliphatic hydroxyl groups is 2. The molecule has 3 unspecified atom stereocenters. The summed E-state index contributed by atoms with van der Waals surface area (Å²) in [6.07, 6.45) is 96.6. The Hall–Kier alpha value is -0.610. The van der Waals surface area contributed by atoms with Crippen molar-refractivity contribution in [2.75, 3.05) is 0 Å². The smallest absolute Gasteiger partial charge is 0.0620 e. The fourth-order valence-electron chi connectivity index (χ4n) is 15.3. The van der Waals surface area contributed by atoms with E-state index in [1.807, 2.05) is 0 Å². The Morgan fingerprint density at radius 1 is 0.295 bits per heavy atom. The van der Waals surface area contributed by atoms with E-state index in [1.165, 1.54) is 417 Å². The molecule has 0 aliphatic heterocycles. The minimum atomic E-state index is -1.05. The van der Waals surface area contributed by atoms with Crippen LogP contribution in [0.15, 0.2) is 0 Å². The van der Waals surface area contributed by atoms with Crippen molar-refractivity contribution in [1.82, 2.24) is 0 Å². The Kier molecular flexibility index (Phi) is 67.2. The van der Waals surface area contributed by atoms with E-state index < -0.39 is 18.0 Å². The van der Waals surface area contributed by atoms with Gasteiger partial charge in [-0.15, -0.1) is 0 Å². The van der Waals surface area contributed by atoms with Crippen molar-refractivity contribution in [2.45, 2.75) is 502 Å². The third-order valence-electron chi connectivity index (χ3n) is 22.0. The largest absolute Gasteiger partial charge is 0.550 e. The molecule has 526 valence electrons. The maximum atomic E-state index is 11.9. The summed E-state index contributed by atoms with van der Waals surface area (Å²) >= 11 is 0. The van der Waals surface area contributed by atoms with Gasteiger partial charge in [0.1, 0.15) is 0 Å². The van der Waals surface area contributed by atoms with Crippen LogP contribution in [-0.4, -0.2) is 28.4 Å². The number of aliphatic carboxylic acids is 1. The van der Waals surface area contributed by atoms with Crippen molar-refractivity contribution in [2.24, 2.45) is 29.6 Å². The third kappa shape index (κ3) is 60.3. The highest BCUT2D eigenvalue weighted by Crippen LogP contribution is 2.49. The normalized spacial score (nSPS) is 15.9. The SMILES string of the molecule is CCCCCCCCCCCCCCCCCCCCCC[C@@H](C(=O)[O-])[C@H](O)CCCCCCCCCCCCCCCCCC1CC1C(C)CCCCCCCCCCCCCCCC[C@H](O)[C@@H](C)CCCCCCCCCCCCCCCCCC. The molecular formula is C84H165O4-. The first-order valence-corrected chi connectivity index (χ1v) is 41.9. The van der Waals surface area contributed by atoms with Gasteiger partial charge in [0.25, 0.3) is 0 Å². The highest BCUT2D eigenvalue weighted by Gasteiger charge is 2.39. The molecule has 1 rings (SSSR count). The number of carbonyl (C=O) groups excluding carboxylic acids is 1. The zero-order chi connectivity index (χ0) is 63.5. The first-order valence-electron chi connectivity index (χ1n) is 41.9. The molecule has 1 aliphatic carbocycles. The first kappa shape index (κ1) is 85.4. The number of carbonyl (C=O) groups is 1. The van der Waals surface area contributed by atoms with Gasteiger partial charge in [-0.25, -0.2) is 0 Å². The summed E-state index contributed by atoms with van der Waals surface area (Å²) in [5, 5.41) is 33.3. The van der Waals surface area contributed by atoms with Crippen LogP contribution in [0, 0.1) is 29.6 Å². The molecule has 0 radical (unpaired) electrons. The predicted octanol–water partition coefficient (Wildman–Crippen LogP) is 27.7. The molecule has 4 nitrogen and oxygen atoms in total. The zero-order valence-corrected chi connectivity index (χ0v) is 61.2. The van der Waals surface area contributed by atoms with Gasteiger partial charge in [-0.1, -0.05) is 458 Å². The van der Waals surface area contributed by atoms with Gasteiger partial charge < -0.3 is 20.1 Å². The Bertz CT molecular complexity index is 1330. The van der Waals surface area contributed by atoms with E-state index in [-0.39, 0.29) is 6.10 Å². The Balaban J connectivity index is 1.77. The summed E-state index contributed by atoms with van der Waals surface area (Å²) in [6.45, 7) is 9.46. The lowest BCUT2D eigenvalue weighted by atomic mass is 9.91. The molecule has 2 N–H and O–H groups in total. The molecule has 0 saturated heterocycles. The molecule has 0 aromatic heterocycles. The van der Waals surface area contributed by atoms with Crippen molar-refractivity contribution in [3.05, 3.63) is 0 Å². The van der Waals surface area contributed by atoms with E-state index in [0.717, 1.165) is 49.9 Å². The van der Waals surface area contributed by atoms with E-state index in [9.17, 15) is 20.1 Å². The predicted molar refractivity (Wildman–Crippen MR) is 390 cm³/mol. The minimum Gasteiger partial charge on any atom is -0.550 e. The van der Waals surface area contributed by atoms with Crippen LogP contribution in [0.25, 0.3) is 0 Å².